The van der Waals surface area contributed by atoms with Gasteiger partial charge in [-0.2, -0.15) is 0 Å². The number of sulfonamides is 1. The van der Waals surface area contributed by atoms with E-state index in [2.05, 4.69) is 4.72 Å². The summed E-state index contributed by atoms with van der Waals surface area (Å²) in [6, 6.07) is 4.86. The monoisotopic (exact) mass is 285 g/mol. The zero-order valence-electron chi connectivity index (χ0n) is 12.2. The fourth-order valence-corrected chi connectivity index (χ4v) is 3.00. The van der Waals surface area contributed by atoms with E-state index in [0.29, 0.717) is 0 Å². The maximum Gasteiger partial charge on any atom is 0.240 e. The highest BCUT2D eigenvalue weighted by Gasteiger charge is 2.17. The standard InChI is InChI=1S/C14H23NO3S/c1-6-12(5)15-19(16,17)13-7-8-14(11(4)9-13)18-10(2)3/h7-10,12,15H,6H2,1-5H3. The predicted molar refractivity (Wildman–Crippen MR) is 77.0 cm³/mol. The summed E-state index contributed by atoms with van der Waals surface area (Å²) in [6.07, 6.45) is 0.826. The van der Waals surface area contributed by atoms with Gasteiger partial charge in [-0.25, -0.2) is 13.1 Å². The zero-order valence-corrected chi connectivity index (χ0v) is 13.0. The van der Waals surface area contributed by atoms with E-state index in [1.54, 1.807) is 18.2 Å². The van der Waals surface area contributed by atoms with Crippen molar-refractivity contribution in [3.8, 4) is 5.75 Å². The topological polar surface area (TPSA) is 55.4 Å². The normalized spacial score (nSPS) is 13.6. The van der Waals surface area contributed by atoms with Crippen molar-refractivity contribution in [1.82, 2.24) is 4.72 Å². The number of hydrogen-bond donors (Lipinski definition) is 1. The molecule has 0 aliphatic rings. The molecule has 1 rings (SSSR count). The van der Waals surface area contributed by atoms with Gasteiger partial charge in [0, 0.05) is 6.04 Å². The number of rotatable bonds is 6. The fourth-order valence-electron chi connectivity index (χ4n) is 1.59. The number of hydrogen-bond acceptors (Lipinski definition) is 3. The Hall–Kier alpha value is -1.07. The average Bonchev–Trinajstić information content (AvgIpc) is 2.30. The lowest BCUT2D eigenvalue weighted by atomic mass is 10.2. The Labute approximate surface area is 116 Å². The van der Waals surface area contributed by atoms with Crippen LogP contribution in [0.25, 0.3) is 0 Å². The molecule has 0 aromatic heterocycles. The Bertz CT molecular complexity index is 523. The second-order valence-electron chi connectivity index (χ2n) is 5.02. The van der Waals surface area contributed by atoms with Crippen LogP contribution in [-0.2, 0) is 10.0 Å². The third-order valence-electron chi connectivity index (χ3n) is 2.79. The summed E-state index contributed by atoms with van der Waals surface area (Å²) in [5, 5.41) is 0. The second kappa shape index (κ2) is 6.39. The smallest absolute Gasteiger partial charge is 0.240 e. The molecule has 1 unspecified atom stereocenters. The minimum Gasteiger partial charge on any atom is -0.491 e. The van der Waals surface area contributed by atoms with Crippen LogP contribution in [0.4, 0.5) is 0 Å². The molecular weight excluding hydrogens is 262 g/mol. The fraction of sp³-hybridized carbons (Fsp3) is 0.571. The molecule has 1 aromatic rings. The van der Waals surface area contributed by atoms with Gasteiger partial charge in [-0.1, -0.05) is 6.92 Å². The third-order valence-corrected chi connectivity index (χ3v) is 4.38. The maximum atomic E-state index is 12.1. The maximum absolute atomic E-state index is 12.1. The van der Waals surface area contributed by atoms with Crippen LogP contribution < -0.4 is 9.46 Å². The van der Waals surface area contributed by atoms with Gasteiger partial charge in [-0.05, 0) is 57.9 Å². The molecule has 0 aliphatic heterocycles. The molecule has 0 heterocycles. The minimum absolute atomic E-state index is 0.0689. The van der Waals surface area contributed by atoms with Crippen LogP contribution in [0.1, 0.15) is 39.7 Å². The Balaban J connectivity index is 3.00. The van der Waals surface area contributed by atoms with Crippen molar-refractivity contribution in [3.05, 3.63) is 23.8 Å². The van der Waals surface area contributed by atoms with Crippen molar-refractivity contribution in [2.24, 2.45) is 0 Å². The molecule has 0 spiro atoms. The van der Waals surface area contributed by atoms with Crippen molar-refractivity contribution >= 4 is 10.0 Å². The van der Waals surface area contributed by atoms with E-state index < -0.39 is 10.0 Å². The highest BCUT2D eigenvalue weighted by molar-refractivity contribution is 7.89. The van der Waals surface area contributed by atoms with Gasteiger partial charge in [0.25, 0.3) is 0 Å². The van der Waals surface area contributed by atoms with Gasteiger partial charge in [0.05, 0.1) is 11.0 Å². The van der Waals surface area contributed by atoms with Crippen molar-refractivity contribution in [1.29, 1.82) is 0 Å². The molecule has 0 radical (unpaired) electrons. The number of benzene rings is 1. The molecular formula is C14H23NO3S. The first-order chi connectivity index (χ1) is 8.76. The van der Waals surface area contributed by atoms with Gasteiger partial charge in [0.15, 0.2) is 0 Å². The first-order valence-electron chi connectivity index (χ1n) is 6.56. The van der Waals surface area contributed by atoms with Crippen molar-refractivity contribution in [2.75, 3.05) is 0 Å². The molecule has 0 saturated carbocycles. The molecule has 0 amide bonds. The number of nitrogens with one attached hydrogen (secondary N) is 1. The van der Waals surface area contributed by atoms with Gasteiger partial charge >= 0.3 is 0 Å². The molecule has 5 heteroatoms. The molecule has 1 atom stereocenters. The lowest BCUT2D eigenvalue weighted by Crippen LogP contribution is -2.32. The van der Waals surface area contributed by atoms with Crippen LogP contribution in [-0.4, -0.2) is 20.6 Å². The van der Waals surface area contributed by atoms with Crippen LogP contribution in [0.5, 0.6) is 5.75 Å². The Morgan fingerprint density at radius 2 is 1.89 bits per heavy atom. The summed E-state index contributed by atoms with van der Waals surface area (Å²) >= 11 is 0. The summed E-state index contributed by atoms with van der Waals surface area (Å²) in [4.78, 5) is 0.279. The summed E-state index contributed by atoms with van der Waals surface area (Å²) in [5.74, 6) is 0.720. The molecule has 1 aromatic carbocycles. The Morgan fingerprint density at radius 3 is 2.37 bits per heavy atom. The van der Waals surface area contributed by atoms with Crippen LogP contribution in [0.15, 0.2) is 23.1 Å². The molecule has 1 N–H and O–H groups in total. The minimum atomic E-state index is -3.44. The van der Waals surface area contributed by atoms with Gasteiger partial charge in [0.1, 0.15) is 5.75 Å². The van der Waals surface area contributed by atoms with Crippen LogP contribution in [0.2, 0.25) is 0 Å². The van der Waals surface area contributed by atoms with E-state index in [9.17, 15) is 8.42 Å². The highest BCUT2D eigenvalue weighted by atomic mass is 32.2. The van der Waals surface area contributed by atoms with E-state index in [1.807, 2.05) is 34.6 Å². The quantitative estimate of drug-likeness (QED) is 0.874. The molecule has 19 heavy (non-hydrogen) atoms. The lowest BCUT2D eigenvalue weighted by Gasteiger charge is -2.15. The average molecular weight is 285 g/mol. The number of aryl methyl sites for hydroxylation is 1. The van der Waals surface area contributed by atoms with E-state index in [4.69, 9.17) is 4.74 Å². The largest absolute Gasteiger partial charge is 0.491 e. The molecule has 4 nitrogen and oxygen atoms in total. The summed E-state index contributed by atoms with van der Waals surface area (Å²) in [5.41, 5.74) is 0.820. The van der Waals surface area contributed by atoms with Gasteiger partial charge in [0.2, 0.25) is 10.0 Å². The first kappa shape index (κ1) is 16.0. The van der Waals surface area contributed by atoms with E-state index >= 15 is 0 Å². The van der Waals surface area contributed by atoms with E-state index in [1.165, 1.54) is 0 Å². The van der Waals surface area contributed by atoms with Gasteiger partial charge < -0.3 is 4.74 Å². The van der Waals surface area contributed by atoms with Crippen LogP contribution in [0.3, 0.4) is 0 Å². The summed E-state index contributed by atoms with van der Waals surface area (Å²) in [6.45, 7) is 9.52. The molecule has 0 aliphatic carbocycles. The zero-order chi connectivity index (χ0) is 14.6. The van der Waals surface area contributed by atoms with Crippen LogP contribution in [0, 0.1) is 6.92 Å². The van der Waals surface area contributed by atoms with E-state index in [0.717, 1.165) is 17.7 Å². The highest BCUT2D eigenvalue weighted by Crippen LogP contribution is 2.23. The summed E-state index contributed by atoms with van der Waals surface area (Å²) in [7, 11) is -3.44. The third kappa shape index (κ3) is 4.51. The van der Waals surface area contributed by atoms with Gasteiger partial charge in [-0.15, -0.1) is 0 Å². The summed E-state index contributed by atoms with van der Waals surface area (Å²) < 4.78 is 32.5. The second-order valence-corrected chi connectivity index (χ2v) is 6.74. The van der Waals surface area contributed by atoms with Crippen LogP contribution >= 0.6 is 0 Å². The Morgan fingerprint density at radius 1 is 1.26 bits per heavy atom. The SMILES string of the molecule is CCC(C)NS(=O)(=O)c1ccc(OC(C)C)c(C)c1. The van der Waals surface area contributed by atoms with Crippen molar-refractivity contribution in [2.45, 2.75) is 58.1 Å². The molecule has 108 valence electrons. The molecule has 0 fully saturated rings. The Kier molecular flexibility index (Phi) is 5.38. The van der Waals surface area contributed by atoms with Gasteiger partial charge in [-0.3, -0.25) is 0 Å². The van der Waals surface area contributed by atoms with Crippen molar-refractivity contribution < 1.29 is 13.2 Å². The first-order valence-corrected chi connectivity index (χ1v) is 8.04. The lowest BCUT2D eigenvalue weighted by molar-refractivity contribution is 0.240. The van der Waals surface area contributed by atoms with E-state index in [-0.39, 0.29) is 17.0 Å². The number of ether oxygens (including phenoxy) is 1. The van der Waals surface area contributed by atoms with Crippen molar-refractivity contribution in [3.63, 3.8) is 0 Å². The predicted octanol–water partition coefficient (Wildman–Crippen LogP) is 2.86. The molecule has 0 bridgehead atoms. The molecule has 0 saturated heterocycles.